The van der Waals surface area contributed by atoms with Gasteiger partial charge in [0.15, 0.2) is 5.82 Å². The van der Waals surface area contributed by atoms with Crippen LogP contribution in [0.3, 0.4) is 0 Å². The Balaban J connectivity index is 2.53. The normalized spacial score (nSPS) is 10.2. The summed E-state index contributed by atoms with van der Waals surface area (Å²) >= 11 is 0. The Labute approximate surface area is 75.2 Å². The molecular weight excluding hydrogens is 166 g/mol. The van der Waals surface area contributed by atoms with Crippen LogP contribution >= 0.6 is 0 Å². The molecule has 13 heavy (non-hydrogen) atoms. The molecule has 5 heteroatoms. The van der Waals surface area contributed by atoms with Crippen molar-refractivity contribution in [2.45, 2.75) is 6.92 Å². The molecule has 0 unspecified atom stereocenters. The maximum Gasteiger partial charge on any atom is 0.157 e. The lowest BCUT2D eigenvalue weighted by molar-refractivity contribution is 0.778. The van der Waals surface area contributed by atoms with E-state index in [0.717, 1.165) is 5.69 Å². The van der Waals surface area contributed by atoms with Crippen molar-refractivity contribution in [3.8, 4) is 5.82 Å². The average molecular weight is 175 g/mol. The van der Waals surface area contributed by atoms with Crippen molar-refractivity contribution in [1.29, 1.82) is 0 Å². The zero-order valence-corrected chi connectivity index (χ0v) is 7.18. The number of hydrogen-bond donors (Lipinski definition) is 1. The van der Waals surface area contributed by atoms with E-state index >= 15 is 0 Å². The second kappa shape index (κ2) is 2.85. The average Bonchev–Trinajstić information content (AvgIpc) is 2.53. The number of hydrogen-bond acceptors (Lipinski definition) is 4. The van der Waals surface area contributed by atoms with Crippen molar-refractivity contribution < 1.29 is 0 Å². The van der Waals surface area contributed by atoms with Crippen LogP contribution in [-0.2, 0) is 0 Å². The number of nitrogen functional groups attached to an aromatic ring is 1. The Bertz CT molecular complexity index is 386. The van der Waals surface area contributed by atoms with Gasteiger partial charge in [-0.3, -0.25) is 0 Å². The van der Waals surface area contributed by atoms with Crippen molar-refractivity contribution in [3.05, 3.63) is 30.2 Å². The summed E-state index contributed by atoms with van der Waals surface area (Å²) < 4.78 is 1.57. The van der Waals surface area contributed by atoms with Crippen LogP contribution in [-0.4, -0.2) is 20.0 Å². The van der Waals surface area contributed by atoms with Crippen molar-refractivity contribution in [3.63, 3.8) is 0 Å². The number of anilines is 1. The molecule has 0 aliphatic carbocycles. The lowest BCUT2D eigenvalue weighted by Crippen LogP contribution is -2.01. The molecule has 0 spiro atoms. The fraction of sp³-hybridized carbons (Fsp3) is 0.125. The maximum absolute atomic E-state index is 5.66. The third-order valence-electron chi connectivity index (χ3n) is 1.62. The third kappa shape index (κ3) is 1.48. The molecule has 2 N–H and O–H groups in total. The summed E-state index contributed by atoms with van der Waals surface area (Å²) in [6.07, 6.45) is 3.32. The Kier molecular flexibility index (Phi) is 1.70. The fourth-order valence-corrected chi connectivity index (χ4v) is 1.12. The number of nitrogens with two attached hydrogens (primary N) is 1. The molecule has 0 radical (unpaired) electrons. The van der Waals surface area contributed by atoms with E-state index in [4.69, 9.17) is 5.73 Å². The lowest BCUT2D eigenvalue weighted by atomic mass is 10.3. The quantitative estimate of drug-likeness (QED) is 0.687. The van der Waals surface area contributed by atoms with Gasteiger partial charge < -0.3 is 5.73 Å². The monoisotopic (exact) mass is 175 g/mol. The Morgan fingerprint density at radius 3 is 2.85 bits per heavy atom. The van der Waals surface area contributed by atoms with Crippen molar-refractivity contribution in [2.24, 2.45) is 0 Å². The van der Waals surface area contributed by atoms with Gasteiger partial charge in [0.1, 0.15) is 0 Å². The fourth-order valence-electron chi connectivity index (χ4n) is 1.12. The molecule has 0 amide bonds. The molecular formula is C8H9N5. The minimum absolute atomic E-state index is 0.679. The van der Waals surface area contributed by atoms with Crippen LogP contribution in [0.25, 0.3) is 5.82 Å². The molecule has 0 atom stereocenters. The Hall–Kier alpha value is -1.91. The SMILES string of the molecule is Cc1cc(N)cc(-n2ccnn2)n1. The van der Waals surface area contributed by atoms with E-state index in [2.05, 4.69) is 15.3 Å². The molecule has 2 aromatic rings. The minimum Gasteiger partial charge on any atom is -0.399 e. The summed E-state index contributed by atoms with van der Waals surface area (Å²) in [7, 11) is 0. The molecule has 0 aromatic carbocycles. The summed E-state index contributed by atoms with van der Waals surface area (Å²) in [6, 6.07) is 3.56. The van der Waals surface area contributed by atoms with Crippen LogP contribution in [0, 0.1) is 6.92 Å². The minimum atomic E-state index is 0.679. The van der Waals surface area contributed by atoms with Crippen LogP contribution < -0.4 is 5.73 Å². The van der Waals surface area contributed by atoms with Gasteiger partial charge in [-0.15, -0.1) is 5.10 Å². The number of pyridine rings is 1. The maximum atomic E-state index is 5.66. The van der Waals surface area contributed by atoms with E-state index in [1.54, 1.807) is 29.2 Å². The number of aromatic nitrogens is 4. The second-order valence-electron chi connectivity index (χ2n) is 2.75. The largest absolute Gasteiger partial charge is 0.399 e. The molecule has 0 fully saturated rings. The molecule has 0 bridgehead atoms. The molecule has 66 valence electrons. The van der Waals surface area contributed by atoms with Gasteiger partial charge >= 0.3 is 0 Å². The number of aryl methyl sites for hydroxylation is 1. The van der Waals surface area contributed by atoms with Crippen LogP contribution in [0.15, 0.2) is 24.5 Å². The van der Waals surface area contributed by atoms with Gasteiger partial charge in [-0.25, -0.2) is 9.67 Å². The van der Waals surface area contributed by atoms with Crippen molar-refractivity contribution >= 4 is 5.69 Å². The highest BCUT2D eigenvalue weighted by Crippen LogP contribution is 2.09. The summed E-state index contributed by atoms with van der Waals surface area (Å²) in [5.41, 5.74) is 7.21. The zero-order chi connectivity index (χ0) is 9.26. The number of nitrogens with zero attached hydrogens (tertiary/aromatic N) is 4. The molecule has 0 aliphatic rings. The van der Waals surface area contributed by atoms with Gasteiger partial charge in [-0.2, -0.15) is 0 Å². The zero-order valence-electron chi connectivity index (χ0n) is 7.18. The molecule has 0 saturated heterocycles. The number of rotatable bonds is 1. The molecule has 0 saturated carbocycles. The first kappa shape index (κ1) is 7.72. The highest BCUT2D eigenvalue weighted by Gasteiger charge is 2.00. The Morgan fingerprint density at radius 2 is 2.23 bits per heavy atom. The summed E-state index contributed by atoms with van der Waals surface area (Å²) in [4.78, 5) is 4.26. The predicted octanol–water partition coefficient (Wildman–Crippen LogP) is 0.553. The van der Waals surface area contributed by atoms with E-state index in [1.165, 1.54) is 0 Å². The molecule has 2 aromatic heterocycles. The van der Waals surface area contributed by atoms with Crippen molar-refractivity contribution in [1.82, 2.24) is 20.0 Å². The van der Waals surface area contributed by atoms with Crippen molar-refractivity contribution in [2.75, 3.05) is 5.73 Å². The Morgan fingerprint density at radius 1 is 1.38 bits per heavy atom. The molecule has 0 aliphatic heterocycles. The van der Waals surface area contributed by atoms with Crippen LogP contribution in [0.5, 0.6) is 0 Å². The van der Waals surface area contributed by atoms with E-state index in [0.29, 0.717) is 11.5 Å². The van der Waals surface area contributed by atoms with Gasteiger partial charge in [0.05, 0.1) is 12.4 Å². The van der Waals surface area contributed by atoms with Crippen LogP contribution in [0.1, 0.15) is 5.69 Å². The van der Waals surface area contributed by atoms with Gasteiger partial charge in [0.2, 0.25) is 0 Å². The van der Waals surface area contributed by atoms with E-state index in [1.807, 2.05) is 6.92 Å². The second-order valence-corrected chi connectivity index (χ2v) is 2.75. The first-order chi connectivity index (χ1) is 6.25. The molecule has 5 nitrogen and oxygen atoms in total. The van der Waals surface area contributed by atoms with E-state index < -0.39 is 0 Å². The highest BCUT2D eigenvalue weighted by atomic mass is 15.4. The lowest BCUT2D eigenvalue weighted by Gasteiger charge is -2.01. The first-order valence-electron chi connectivity index (χ1n) is 3.86. The van der Waals surface area contributed by atoms with Gasteiger partial charge in [0.25, 0.3) is 0 Å². The molecule has 2 rings (SSSR count). The first-order valence-corrected chi connectivity index (χ1v) is 3.86. The smallest absolute Gasteiger partial charge is 0.157 e. The van der Waals surface area contributed by atoms with Gasteiger partial charge in [-0.05, 0) is 13.0 Å². The summed E-state index contributed by atoms with van der Waals surface area (Å²) in [5.74, 6) is 0.690. The topological polar surface area (TPSA) is 69.6 Å². The van der Waals surface area contributed by atoms with E-state index in [-0.39, 0.29) is 0 Å². The highest BCUT2D eigenvalue weighted by molar-refractivity contribution is 5.44. The summed E-state index contributed by atoms with van der Waals surface area (Å²) in [5, 5.41) is 7.51. The van der Waals surface area contributed by atoms with Crippen LogP contribution in [0.4, 0.5) is 5.69 Å². The van der Waals surface area contributed by atoms with E-state index in [9.17, 15) is 0 Å². The predicted molar refractivity (Wildman–Crippen MR) is 48.3 cm³/mol. The standard InChI is InChI=1S/C8H9N5/c1-6-4-7(9)5-8(11-6)13-3-2-10-12-13/h2-5H,1H3,(H2,9,11). The van der Waals surface area contributed by atoms with Crippen LogP contribution in [0.2, 0.25) is 0 Å². The third-order valence-corrected chi connectivity index (χ3v) is 1.62. The molecule has 2 heterocycles. The summed E-state index contributed by atoms with van der Waals surface area (Å²) in [6.45, 7) is 1.89. The van der Waals surface area contributed by atoms with Gasteiger partial charge in [0, 0.05) is 17.4 Å². The van der Waals surface area contributed by atoms with Gasteiger partial charge in [-0.1, -0.05) is 5.21 Å².